The highest BCUT2D eigenvalue weighted by molar-refractivity contribution is 5.80. The van der Waals surface area contributed by atoms with E-state index in [9.17, 15) is 14.9 Å². The number of aromatic amines is 1. The number of anilines is 1. The summed E-state index contributed by atoms with van der Waals surface area (Å²) in [6, 6.07) is 4.40. The Morgan fingerprint density at radius 3 is 3.00 bits per heavy atom. The average Bonchev–Trinajstić information content (AvgIpc) is 2.79. The van der Waals surface area contributed by atoms with Crippen molar-refractivity contribution in [2.75, 3.05) is 18.9 Å². The van der Waals surface area contributed by atoms with Crippen LogP contribution in [0.15, 0.2) is 18.2 Å². The number of amides is 1. The van der Waals surface area contributed by atoms with E-state index >= 15 is 0 Å². The van der Waals surface area contributed by atoms with E-state index in [1.54, 1.807) is 13.1 Å². The van der Waals surface area contributed by atoms with Crippen LogP contribution < -0.4 is 10.6 Å². The fourth-order valence-corrected chi connectivity index (χ4v) is 1.61. The molecule has 100 valence electrons. The van der Waals surface area contributed by atoms with E-state index in [2.05, 4.69) is 20.6 Å². The summed E-state index contributed by atoms with van der Waals surface area (Å²) in [6.07, 6.45) is 0.327. The Hall–Kier alpha value is -2.64. The van der Waals surface area contributed by atoms with Crippen LogP contribution >= 0.6 is 0 Å². The number of nitro groups is 1. The molecule has 0 atom stereocenters. The van der Waals surface area contributed by atoms with Crippen molar-refractivity contribution in [2.45, 2.75) is 6.42 Å². The summed E-state index contributed by atoms with van der Waals surface area (Å²) in [5, 5.41) is 16.1. The number of carbonyl (C=O) groups excluding carboxylic acids is 1. The van der Waals surface area contributed by atoms with Crippen molar-refractivity contribution >= 4 is 28.6 Å². The largest absolute Gasteiger partial charge is 0.359 e. The molecule has 0 unspecified atom stereocenters. The Balaban J connectivity index is 2.09. The number of H-pyrrole nitrogens is 1. The van der Waals surface area contributed by atoms with Gasteiger partial charge in [0.25, 0.3) is 5.69 Å². The van der Waals surface area contributed by atoms with Gasteiger partial charge in [0.05, 0.1) is 16.0 Å². The highest BCUT2D eigenvalue weighted by atomic mass is 16.6. The monoisotopic (exact) mass is 263 g/mol. The molecule has 2 rings (SSSR count). The Kier molecular flexibility index (Phi) is 3.60. The SMILES string of the molecule is CNC(=O)CCNc1nc2ccc([N+](=O)[O-])cc2[nH]1. The van der Waals surface area contributed by atoms with Crippen molar-refractivity contribution in [3.63, 3.8) is 0 Å². The molecule has 3 N–H and O–H groups in total. The smallest absolute Gasteiger partial charge is 0.271 e. The molecule has 0 saturated heterocycles. The quantitative estimate of drug-likeness (QED) is 0.550. The Bertz CT molecular complexity index is 622. The van der Waals surface area contributed by atoms with Crippen LogP contribution in [0.1, 0.15) is 6.42 Å². The zero-order valence-corrected chi connectivity index (χ0v) is 10.3. The Morgan fingerprint density at radius 2 is 2.32 bits per heavy atom. The normalized spacial score (nSPS) is 10.4. The van der Waals surface area contributed by atoms with Crippen LogP contribution in [0.3, 0.4) is 0 Å². The molecule has 8 heteroatoms. The molecule has 1 heterocycles. The molecule has 1 amide bonds. The van der Waals surface area contributed by atoms with Gasteiger partial charge in [0.1, 0.15) is 0 Å². The number of rotatable bonds is 5. The molecule has 0 spiro atoms. The molecule has 8 nitrogen and oxygen atoms in total. The third kappa shape index (κ3) is 2.97. The minimum absolute atomic E-state index is 0.00746. The molecule has 2 aromatic rings. The number of nitrogens with zero attached hydrogens (tertiary/aromatic N) is 2. The minimum atomic E-state index is -0.459. The summed E-state index contributed by atoms with van der Waals surface area (Å²) in [5.41, 5.74) is 1.22. The van der Waals surface area contributed by atoms with Crippen LogP contribution in [-0.4, -0.2) is 34.4 Å². The van der Waals surface area contributed by atoms with Gasteiger partial charge in [0, 0.05) is 32.1 Å². The lowest BCUT2D eigenvalue weighted by molar-refractivity contribution is -0.384. The minimum Gasteiger partial charge on any atom is -0.359 e. The molecule has 0 aliphatic rings. The van der Waals surface area contributed by atoms with Crippen molar-refractivity contribution in [1.29, 1.82) is 0 Å². The van der Waals surface area contributed by atoms with Gasteiger partial charge >= 0.3 is 0 Å². The first-order chi connectivity index (χ1) is 9.10. The average molecular weight is 263 g/mol. The van der Waals surface area contributed by atoms with Crippen molar-refractivity contribution in [1.82, 2.24) is 15.3 Å². The van der Waals surface area contributed by atoms with Gasteiger partial charge < -0.3 is 15.6 Å². The predicted octanol–water partition coefficient (Wildman–Crippen LogP) is 1.02. The first kappa shape index (κ1) is 12.8. The molecule has 0 aliphatic carbocycles. The molecule has 0 saturated carbocycles. The molecule has 1 aromatic carbocycles. The first-order valence-electron chi connectivity index (χ1n) is 5.69. The van der Waals surface area contributed by atoms with Gasteiger partial charge in [-0.25, -0.2) is 4.98 Å². The van der Waals surface area contributed by atoms with E-state index in [0.717, 1.165) is 0 Å². The summed E-state index contributed by atoms with van der Waals surface area (Å²) in [4.78, 5) is 28.4. The summed E-state index contributed by atoms with van der Waals surface area (Å²) < 4.78 is 0. The number of nitro benzene ring substituents is 1. The zero-order valence-electron chi connectivity index (χ0n) is 10.3. The van der Waals surface area contributed by atoms with Crippen molar-refractivity contribution in [2.24, 2.45) is 0 Å². The zero-order chi connectivity index (χ0) is 13.8. The van der Waals surface area contributed by atoms with E-state index < -0.39 is 4.92 Å². The molecule has 19 heavy (non-hydrogen) atoms. The van der Waals surface area contributed by atoms with Crippen LogP contribution in [0.2, 0.25) is 0 Å². The number of aromatic nitrogens is 2. The fraction of sp³-hybridized carbons (Fsp3) is 0.273. The van der Waals surface area contributed by atoms with E-state index in [-0.39, 0.29) is 11.6 Å². The standard InChI is InChI=1S/C11H13N5O3/c1-12-10(17)4-5-13-11-14-8-3-2-7(16(18)19)6-9(8)15-11/h2-3,6H,4-5H2,1H3,(H,12,17)(H2,13,14,15). The van der Waals surface area contributed by atoms with Crippen LogP contribution in [0.25, 0.3) is 11.0 Å². The second-order valence-corrected chi connectivity index (χ2v) is 3.89. The number of hydrogen-bond acceptors (Lipinski definition) is 5. The maximum Gasteiger partial charge on any atom is 0.271 e. The van der Waals surface area contributed by atoms with Crippen LogP contribution in [-0.2, 0) is 4.79 Å². The summed E-state index contributed by atoms with van der Waals surface area (Å²) >= 11 is 0. The second kappa shape index (κ2) is 5.34. The molecule has 0 bridgehead atoms. The van der Waals surface area contributed by atoms with Crippen LogP contribution in [0.4, 0.5) is 11.6 Å². The van der Waals surface area contributed by atoms with Crippen LogP contribution in [0, 0.1) is 10.1 Å². The van der Waals surface area contributed by atoms with Crippen molar-refractivity contribution in [3.05, 3.63) is 28.3 Å². The van der Waals surface area contributed by atoms with Crippen molar-refractivity contribution in [3.8, 4) is 0 Å². The Labute approximate surface area is 108 Å². The van der Waals surface area contributed by atoms with Crippen molar-refractivity contribution < 1.29 is 9.72 Å². The van der Waals surface area contributed by atoms with E-state index in [1.165, 1.54) is 12.1 Å². The lowest BCUT2D eigenvalue weighted by Crippen LogP contribution is -2.21. The van der Waals surface area contributed by atoms with Crippen LogP contribution in [0.5, 0.6) is 0 Å². The van der Waals surface area contributed by atoms with Gasteiger partial charge in [-0.2, -0.15) is 0 Å². The van der Waals surface area contributed by atoms with Gasteiger partial charge in [-0.3, -0.25) is 14.9 Å². The maximum absolute atomic E-state index is 11.0. The number of imidazole rings is 1. The molecule has 0 fully saturated rings. The van der Waals surface area contributed by atoms with E-state index in [1.807, 2.05) is 0 Å². The fourth-order valence-electron chi connectivity index (χ4n) is 1.61. The van der Waals surface area contributed by atoms with E-state index in [4.69, 9.17) is 0 Å². The predicted molar refractivity (Wildman–Crippen MR) is 69.9 cm³/mol. The van der Waals surface area contributed by atoms with Gasteiger partial charge in [-0.15, -0.1) is 0 Å². The number of non-ortho nitro benzene ring substituents is 1. The molecular formula is C11H13N5O3. The summed E-state index contributed by atoms with van der Waals surface area (Å²) in [5.74, 6) is 0.415. The lowest BCUT2D eigenvalue weighted by Gasteiger charge is -2.01. The number of nitrogens with one attached hydrogen (secondary N) is 3. The molecule has 0 aliphatic heterocycles. The number of carbonyl (C=O) groups is 1. The first-order valence-corrected chi connectivity index (χ1v) is 5.69. The highest BCUT2D eigenvalue weighted by Gasteiger charge is 2.09. The second-order valence-electron chi connectivity index (χ2n) is 3.89. The number of hydrogen-bond donors (Lipinski definition) is 3. The third-order valence-corrected chi connectivity index (χ3v) is 2.60. The lowest BCUT2D eigenvalue weighted by atomic mass is 10.3. The molecule has 0 radical (unpaired) electrons. The molecular weight excluding hydrogens is 250 g/mol. The number of benzene rings is 1. The Morgan fingerprint density at radius 1 is 1.53 bits per heavy atom. The van der Waals surface area contributed by atoms with E-state index in [0.29, 0.717) is 29.9 Å². The maximum atomic E-state index is 11.0. The third-order valence-electron chi connectivity index (χ3n) is 2.60. The number of fused-ring (bicyclic) bond motifs is 1. The van der Waals surface area contributed by atoms with Gasteiger partial charge in [0.2, 0.25) is 11.9 Å². The van der Waals surface area contributed by atoms with Gasteiger partial charge in [0.15, 0.2) is 0 Å². The van der Waals surface area contributed by atoms with Gasteiger partial charge in [-0.05, 0) is 6.07 Å². The summed E-state index contributed by atoms with van der Waals surface area (Å²) in [7, 11) is 1.57. The topological polar surface area (TPSA) is 113 Å². The summed E-state index contributed by atoms with van der Waals surface area (Å²) in [6.45, 7) is 0.432. The van der Waals surface area contributed by atoms with Gasteiger partial charge in [-0.1, -0.05) is 0 Å². The molecule has 1 aromatic heterocycles. The highest BCUT2D eigenvalue weighted by Crippen LogP contribution is 2.20.